The second-order valence-corrected chi connectivity index (χ2v) is 6.88. The zero-order chi connectivity index (χ0) is 16.9. The fourth-order valence-electron chi connectivity index (χ4n) is 1.55. The number of allylic oxidation sites excluding steroid dienone is 1. The minimum absolute atomic E-state index is 0.207. The Morgan fingerprint density at radius 1 is 1.27 bits per heavy atom. The first-order valence-electron chi connectivity index (χ1n) is 6.77. The summed E-state index contributed by atoms with van der Waals surface area (Å²) >= 11 is 3.33. The summed E-state index contributed by atoms with van der Waals surface area (Å²) in [5.74, 6) is -0.207. The maximum atomic E-state index is 12.3. The lowest BCUT2D eigenvalue weighted by Crippen LogP contribution is -2.27. The number of benzene rings is 1. The highest BCUT2D eigenvalue weighted by Gasteiger charge is 2.18. The van der Waals surface area contributed by atoms with E-state index < -0.39 is 11.7 Å². The standard InChI is InChI=1S/C16H21BrN2O3/c1-16(2,3)22-15(21)18-13-7-6-11(17)10-12(13)14(20)8-9-19(4)5/h6-10H,1-5H3,(H,18,21). The average Bonchev–Trinajstić information content (AvgIpc) is 2.35. The van der Waals surface area contributed by atoms with Crippen LogP contribution in [0, 0.1) is 0 Å². The van der Waals surface area contributed by atoms with Crippen LogP contribution < -0.4 is 5.32 Å². The Hall–Kier alpha value is -1.82. The number of ketones is 1. The van der Waals surface area contributed by atoms with Crippen molar-refractivity contribution in [3.8, 4) is 0 Å². The van der Waals surface area contributed by atoms with E-state index in [1.165, 1.54) is 6.08 Å². The molecule has 0 aliphatic carbocycles. The molecule has 0 aromatic heterocycles. The number of carbonyl (C=O) groups is 2. The number of hydrogen-bond acceptors (Lipinski definition) is 4. The zero-order valence-corrected chi connectivity index (χ0v) is 15.0. The highest BCUT2D eigenvalue weighted by Crippen LogP contribution is 2.23. The number of hydrogen-bond donors (Lipinski definition) is 1. The number of anilines is 1. The minimum atomic E-state index is -0.603. The van der Waals surface area contributed by atoms with Crippen LogP contribution in [0.15, 0.2) is 34.9 Å². The summed E-state index contributed by atoms with van der Waals surface area (Å²) < 4.78 is 5.96. The molecule has 1 amide bonds. The second-order valence-electron chi connectivity index (χ2n) is 5.96. The number of nitrogens with one attached hydrogen (secondary N) is 1. The molecule has 0 fully saturated rings. The van der Waals surface area contributed by atoms with Crippen molar-refractivity contribution < 1.29 is 14.3 Å². The number of carbonyl (C=O) groups excluding carboxylic acids is 2. The molecule has 0 aliphatic heterocycles. The van der Waals surface area contributed by atoms with E-state index in [4.69, 9.17) is 4.74 Å². The first-order valence-corrected chi connectivity index (χ1v) is 7.56. The van der Waals surface area contributed by atoms with E-state index in [0.717, 1.165) is 4.47 Å². The van der Waals surface area contributed by atoms with Crippen molar-refractivity contribution in [2.75, 3.05) is 19.4 Å². The minimum Gasteiger partial charge on any atom is -0.444 e. The molecule has 120 valence electrons. The van der Waals surface area contributed by atoms with Crippen LogP contribution in [-0.4, -0.2) is 36.5 Å². The zero-order valence-electron chi connectivity index (χ0n) is 13.4. The molecule has 0 atom stereocenters. The third-order valence-electron chi connectivity index (χ3n) is 2.41. The Bertz CT molecular complexity index is 590. The van der Waals surface area contributed by atoms with Gasteiger partial charge >= 0.3 is 6.09 Å². The summed E-state index contributed by atoms with van der Waals surface area (Å²) in [6.07, 6.45) is 2.50. The SMILES string of the molecule is CN(C)C=CC(=O)c1cc(Br)ccc1NC(=O)OC(C)(C)C. The van der Waals surface area contributed by atoms with Crippen molar-refractivity contribution in [1.82, 2.24) is 4.90 Å². The molecule has 5 nitrogen and oxygen atoms in total. The van der Waals surface area contributed by atoms with Gasteiger partial charge in [-0.2, -0.15) is 0 Å². The molecule has 0 aliphatic rings. The maximum Gasteiger partial charge on any atom is 0.412 e. The summed E-state index contributed by atoms with van der Waals surface area (Å²) in [7, 11) is 3.65. The van der Waals surface area contributed by atoms with Crippen LogP contribution in [0.25, 0.3) is 0 Å². The average molecular weight is 369 g/mol. The Labute approximate surface area is 139 Å². The molecule has 22 heavy (non-hydrogen) atoms. The lowest BCUT2D eigenvalue weighted by atomic mass is 10.1. The van der Waals surface area contributed by atoms with Gasteiger partial charge in [-0.05, 0) is 39.0 Å². The highest BCUT2D eigenvalue weighted by molar-refractivity contribution is 9.10. The van der Waals surface area contributed by atoms with E-state index >= 15 is 0 Å². The van der Waals surface area contributed by atoms with Gasteiger partial charge in [-0.1, -0.05) is 15.9 Å². The molecule has 6 heteroatoms. The predicted molar refractivity (Wildman–Crippen MR) is 91.2 cm³/mol. The molecule has 0 radical (unpaired) electrons. The molecule has 1 rings (SSSR count). The topological polar surface area (TPSA) is 58.6 Å². The molecular weight excluding hydrogens is 348 g/mol. The lowest BCUT2D eigenvalue weighted by molar-refractivity contribution is 0.0636. The van der Waals surface area contributed by atoms with Crippen LogP contribution in [0.1, 0.15) is 31.1 Å². The summed E-state index contributed by atoms with van der Waals surface area (Å²) in [5.41, 5.74) is 0.193. The fourth-order valence-corrected chi connectivity index (χ4v) is 1.91. The van der Waals surface area contributed by atoms with Gasteiger partial charge in [-0.25, -0.2) is 4.79 Å². The van der Waals surface area contributed by atoms with E-state index in [2.05, 4.69) is 21.2 Å². The third kappa shape index (κ3) is 6.30. The number of amides is 1. The molecule has 0 unspecified atom stereocenters. The van der Waals surface area contributed by atoms with Crippen LogP contribution in [0.3, 0.4) is 0 Å². The molecule has 0 spiro atoms. The molecule has 1 N–H and O–H groups in total. The van der Waals surface area contributed by atoms with Gasteiger partial charge in [0, 0.05) is 36.4 Å². The quantitative estimate of drug-likeness (QED) is 0.643. The van der Waals surface area contributed by atoms with Gasteiger partial charge < -0.3 is 9.64 Å². The van der Waals surface area contributed by atoms with Crippen molar-refractivity contribution in [1.29, 1.82) is 0 Å². The first kappa shape index (κ1) is 18.2. The van der Waals surface area contributed by atoms with Crippen LogP contribution in [0.2, 0.25) is 0 Å². The number of rotatable bonds is 4. The number of nitrogens with zero attached hydrogens (tertiary/aromatic N) is 1. The Kier molecular flexibility index (Phi) is 6.17. The number of halogens is 1. The van der Waals surface area contributed by atoms with Crippen LogP contribution in [0.4, 0.5) is 10.5 Å². The molecular formula is C16H21BrN2O3. The summed E-state index contributed by atoms with van der Waals surface area (Å²) in [6, 6.07) is 5.07. The highest BCUT2D eigenvalue weighted by atomic mass is 79.9. The Morgan fingerprint density at radius 3 is 2.45 bits per heavy atom. The van der Waals surface area contributed by atoms with Gasteiger partial charge in [-0.15, -0.1) is 0 Å². The summed E-state index contributed by atoms with van der Waals surface area (Å²) in [6.45, 7) is 5.33. The van der Waals surface area contributed by atoms with Crippen molar-refractivity contribution >= 4 is 33.5 Å². The van der Waals surface area contributed by atoms with Gasteiger partial charge in [0.25, 0.3) is 0 Å². The lowest BCUT2D eigenvalue weighted by Gasteiger charge is -2.20. The van der Waals surface area contributed by atoms with Crippen molar-refractivity contribution in [2.45, 2.75) is 26.4 Å². The molecule has 0 saturated heterocycles. The number of ether oxygens (including phenoxy) is 1. The largest absolute Gasteiger partial charge is 0.444 e. The van der Waals surface area contributed by atoms with Crippen LogP contribution in [-0.2, 0) is 4.74 Å². The van der Waals surface area contributed by atoms with E-state index in [0.29, 0.717) is 11.3 Å². The van der Waals surface area contributed by atoms with E-state index in [-0.39, 0.29) is 5.78 Å². The summed E-state index contributed by atoms with van der Waals surface area (Å²) in [5, 5.41) is 2.61. The second kappa shape index (κ2) is 7.45. The molecule has 0 saturated carbocycles. The van der Waals surface area contributed by atoms with Gasteiger partial charge in [0.2, 0.25) is 0 Å². The van der Waals surface area contributed by atoms with Crippen LogP contribution in [0.5, 0.6) is 0 Å². The van der Waals surface area contributed by atoms with Gasteiger partial charge in [-0.3, -0.25) is 10.1 Å². The molecule has 0 heterocycles. The van der Waals surface area contributed by atoms with Gasteiger partial charge in [0.15, 0.2) is 5.78 Å². The molecule has 1 aromatic rings. The Balaban J connectivity index is 3.01. The van der Waals surface area contributed by atoms with Crippen molar-refractivity contribution in [2.24, 2.45) is 0 Å². The van der Waals surface area contributed by atoms with E-state index in [1.54, 1.807) is 50.1 Å². The Morgan fingerprint density at radius 2 is 1.91 bits per heavy atom. The van der Waals surface area contributed by atoms with E-state index in [1.807, 2.05) is 14.1 Å². The van der Waals surface area contributed by atoms with E-state index in [9.17, 15) is 9.59 Å². The monoisotopic (exact) mass is 368 g/mol. The molecule has 0 bridgehead atoms. The normalized spacial score (nSPS) is 11.4. The van der Waals surface area contributed by atoms with Crippen molar-refractivity contribution in [3.63, 3.8) is 0 Å². The van der Waals surface area contributed by atoms with Crippen molar-refractivity contribution in [3.05, 3.63) is 40.5 Å². The summed E-state index contributed by atoms with van der Waals surface area (Å²) in [4.78, 5) is 25.9. The van der Waals surface area contributed by atoms with Gasteiger partial charge in [0.1, 0.15) is 5.60 Å². The molecule has 1 aromatic carbocycles. The van der Waals surface area contributed by atoms with Crippen LogP contribution >= 0.6 is 15.9 Å². The smallest absolute Gasteiger partial charge is 0.412 e. The van der Waals surface area contributed by atoms with Gasteiger partial charge in [0.05, 0.1) is 5.69 Å². The first-order chi connectivity index (χ1) is 10.1. The maximum absolute atomic E-state index is 12.3. The third-order valence-corrected chi connectivity index (χ3v) is 2.90. The predicted octanol–water partition coefficient (Wildman–Crippen LogP) is 4.05. The fraction of sp³-hybridized carbons (Fsp3) is 0.375.